The number of carbonyl (C=O) groups is 1. The van der Waals surface area contributed by atoms with E-state index < -0.39 is 0 Å². The predicted octanol–water partition coefficient (Wildman–Crippen LogP) is 1.49. The van der Waals surface area contributed by atoms with Crippen molar-refractivity contribution in [1.29, 1.82) is 5.26 Å². The van der Waals surface area contributed by atoms with Gasteiger partial charge in [0, 0.05) is 18.6 Å². The van der Waals surface area contributed by atoms with Crippen LogP contribution in [-0.2, 0) is 18.9 Å². The molecule has 0 aliphatic heterocycles. The molecule has 2 aromatic rings. The van der Waals surface area contributed by atoms with Crippen LogP contribution < -0.4 is 11.0 Å². The number of nitriles is 1. The lowest BCUT2D eigenvalue weighted by Crippen LogP contribution is -2.19. The zero-order valence-electron chi connectivity index (χ0n) is 10.4. The zero-order valence-corrected chi connectivity index (χ0v) is 12.0. The highest BCUT2D eigenvalue weighted by Crippen LogP contribution is 2.27. The molecule has 0 atom stereocenters. The Morgan fingerprint density at radius 2 is 1.95 bits per heavy atom. The fourth-order valence-corrected chi connectivity index (χ4v) is 2.31. The molecular weight excluding hydrogens is 312 g/mol. The monoisotopic (exact) mass is 322 g/mol. The molecule has 1 heterocycles. The van der Waals surface area contributed by atoms with Crippen LogP contribution in [0.25, 0.3) is 11.0 Å². The number of hydrogen-bond donors (Lipinski definition) is 1. The number of amides is 1. The number of imidazole rings is 1. The standard InChI is InChI=1S/C12H11BrN4O2/c1-16-9-5-7(13)8(15-11(18)3-4-14)6-10(9)17(2)12(16)19/h5-6H,3H2,1-2H3,(H,15,18). The number of anilines is 1. The number of nitrogens with zero attached hydrogens (tertiary/aromatic N) is 3. The molecule has 0 aliphatic rings. The minimum absolute atomic E-state index is 0.137. The number of nitrogens with one attached hydrogen (secondary N) is 1. The SMILES string of the molecule is Cn1c(=O)n(C)c2cc(NC(=O)CC#N)c(Br)cc21. The van der Waals surface area contributed by atoms with Gasteiger partial charge in [0.05, 0.1) is 22.8 Å². The van der Waals surface area contributed by atoms with Crippen molar-refractivity contribution in [3.8, 4) is 6.07 Å². The van der Waals surface area contributed by atoms with Crippen LogP contribution in [-0.4, -0.2) is 15.0 Å². The van der Waals surface area contributed by atoms with E-state index in [1.54, 1.807) is 32.3 Å². The van der Waals surface area contributed by atoms with Crippen molar-refractivity contribution in [2.24, 2.45) is 14.1 Å². The van der Waals surface area contributed by atoms with Gasteiger partial charge in [0.15, 0.2) is 0 Å². The Bertz CT molecular complexity index is 767. The molecule has 1 N–H and O–H groups in total. The molecule has 7 heteroatoms. The number of aromatic nitrogens is 2. The Balaban J connectivity index is 2.56. The summed E-state index contributed by atoms with van der Waals surface area (Å²) in [5.74, 6) is -0.386. The van der Waals surface area contributed by atoms with Crippen LogP contribution in [0, 0.1) is 11.3 Å². The molecule has 0 saturated heterocycles. The van der Waals surface area contributed by atoms with Gasteiger partial charge >= 0.3 is 5.69 Å². The third-order valence-corrected chi connectivity index (χ3v) is 3.53. The quantitative estimate of drug-likeness (QED) is 0.909. The third-order valence-electron chi connectivity index (χ3n) is 2.87. The first kappa shape index (κ1) is 13.4. The molecule has 1 amide bonds. The van der Waals surface area contributed by atoms with E-state index in [0.717, 1.165) is 5.52 Å². The van der Waals surface area contributed by atoms with Gasteiger partial charge in [-0.1, -0.05) is 0 Å². The van der Waals surface area contributed by atoms with Crippen molar-refractivity contribution in [2.45, 2.75) is 6.42 Å². The fraction of sp³-hybridized carbons (Fsp3) is 0.250. The largest absolute Gasteiger partial charge is 0.328 e. The minimum atomic E-state index is -0.386. The van der Waals surface area contributed by atoms with Gasteiger partial charge in [-0.3, -0.25) is 13.9 Å². The Morgan fingerprint density at radius 3 is 2.53 bits per heavy atom. The van der Waals surface area contributed by atoms with Gasteiger partial charge in [0.2, 0.25) is 5.91 Å². The smallest absolute Gasteiger partial charge is 0.324 e. The first-order valence-electron chi connectivity index (χ1n) is 5.47. The van der Waals surface area contributed by atoms with Crippen LogP contribution in [0.2, 0.25) is 0 Å². The van der Waals surface area contributed by atoms with Crippen LogP contribution in [0.5, 0.6) is 0 Å². The number of rotatable bonds is 2. The lowest BCUT2D eigenvalue weighted by Gasteiger charge is -2.07. The van der Waals surface area contributed by atoms with E-state index in [1.165, 1.54) is 9.13 Å². The fourth-order valence-electron chi connectivity index (χ4n) is 1.88. The van der Waals surface area contributed by atoms with Gasteiger partial charge in [-0.05, 0) is 28.1 Å². The summed E-state index contributed by atoms with van der Waals surface area (Å²) in [5.41, 5.74) is 1.87. The average Bonchev–Trinajstić information content (AvgIpc) is 2.56. The molecule has 98 valence electrons. The topological polar surface area (TPSA) is 79.8 Å². The van der Waals surface area contributed by atoms with Gasteiger partial charge in [0.1, 0.15) is 6.42 Å². The number of fused-ring (bicyclic) bond motifs is 1. The number of halogens is 1. The Labute approximate surface area is 117 Å². The summed E-state index contributed by atoms with van der Waals surface area (Å²) in [7, 11) is 3.35. The van der Waals surface area contributed by atoms with Crippen molar-refractivity contribution in [3.05, 3.63) is 27.1 Å². The predicted molar refractivity (Wildman–Crippen MR) is 74.7 cm³/mol. The van der Waals surface area contributed by atoms with Gasteiger partial charge in [-0.2, -0.15) is 5.26 Å². The van der Waals surface area contributed by atoms with Gasteiger partial charge < -0.3 is 5.32 Å². The Hall–Kier alpha value is -2.07. The first-order chi connectivity index (χ1) is 8.95. The molecule has 0 aliphatic carbocycles. The lowest BCUT2D eigenvalue weighted by atomic mass is 10.2. The van der Waals surface area contributed by atoms with Crippen molar-refractivity contribution in [1.82, 2.24) is 9.13 Å². The summed E-state index contributed by atoms with van der Waals surface area (Å²) < 4.78 is 3.69. The summed E-state index contributed by atoms with van der Waals surface area (Å²) in [6, 6.07) is 5.25. The summed E-state index contributed by atoms with van der Waals surface area (Å²) in [6.07, 6.45) is -0.210. The molecule has 2 rings (SSSR count). The van der Waals surface area contributed by atoms with E-state index in [1.807, 2.05) is 0 Å². The van der Waals surface area contributed by atoms with E-state index in [2.05, 4.69) is 21.2 Å². The van der Waals surface area contributed by atoms with E-state index >= 15 is 0 Å². The van der Waals surface area contributed by atoms with Crippen LogP contribution >= 0.6 is 15.9 Å². The van der Waals surface area contributed by atoms with Crippen LogP contribution in [0.4, 0.5) is 5.69 Å². The minimum Gasteiger partial charge on any atom is -0.324 e. The summed E-state index contributed by atoms with van der Waals surface area (Å²) in [4.78, 5) is 23.2. The molecule has 0 spiro atoms. The van der Waals surface area contributed by atoms with E-state index in [0.29, 0.717) is 15.7 Å². The number of aryl methyl sites for hydroxylation is 2. The highest BCUT2D eigenvalue weighted by Gasteiger charge is 2.12. The molecule has 0 bridgehead atoms. The highest BCUT2D eigenvalue weighted by atomic mass is 79.9. The van der Waals surface area contributed by atoms with Gasteiger partial charge in [-0.15, -0.1) is 0 Å². The molecule has 19 heavy (non-hydrogen) atoms. The van der Waals surface area contributed by atoms with Crippen LogP contribution in [0.1, 0.15) is 6.42 Å². The Kier molecular flexibility index (Phi) is 3.44. The van der Waals surface area contributed by atoms with Crippen LogP contribution in [0.15, 0.2) is 21.4 Å². The van der Waals surface area contributed by atoms with Crippen LogP contribution in [0.3, 0.4) is 0 Å². The van der Waals surface area contributed by atoms with Crippen molar-refractivity contribution < 1.29 is 4.79 Å². The normalized spacial score (nSPS) is 10.4. The molecular formula is C12H11BrN4O2. The summed E-state index contributed by atoms with van der Waals surface area (Å²) in [6.45, 7) is 0. The maximum Gasteiger partial charge on any atom is 0.328 e. The number of hydrogen-bond acceptors (Lipinski definition) is 3. The van der Waals surface area contributed by atoms with Crippen molar-refractivity contribution >= 4 is 38.6 Å². The molecule has 0 fully saturated rings. The van der Waals surface area contributed by atoms with Crippen molar-refractivity contribution in [2.75, 3.05) is 5.32 Å². The number of benzene rings is 1. The molecule has 0 radical (unpaired) electrons. The molecule has 6 nitrogen and oxygen atoms in total. The van der Waals surface area contributed by atoms with E-state index in [4.69, 9.17) is 5.26 Å². The second kappa shape index (κ2) is 4.90. The molecule has 0 unspecified atom stereocenters. The maximum absolute atomic E-state index is 11.8. The third kappa shape index (κ3) is 2.27. The molecule has 0 saturated carbocycles. The molecule has 1 aromatic carbocycles. The lowest BCUT2D eigenvalue weighted by molar-refractivity contribution is -0.115. The maximum atomic E-state index is 11.8. The first-order valence-corrected chi connectivity index (χ1v) is 6.26. The average molecular weight is 323 g/mol. The van der Waals surface area contributed by atoms with Crippen molar-refractivity contribution in [3.63, 3.8) is 0 Å². The van der Waals surface area contributed by atoms with Gasteiger partial charge in [-0.25, -0.2) is 4.79 Å². The second-order valence-corrected chi connectivity index (χ2v) is 4.96. The molecule has 1 aromatic heterocycles. The highest BCUT2D eigenvalue weighted by molar-refractivity contribution is 9.10. The summed E-state index contributed by atoms with van der Waals surface area (Å²) >= 11 is 3.34. The van der Waals surface area contributed by atoms with Gasteiger partial charge in [0.25, 0.3) is 0 Å². The zero-order chi connectivity index (χ0) is 14.2. The second-order valence-electron chi connectivity index (χ2n) is 4.10. The van der Waals surface area contributed by atoms with E-state index in [-0.39, 0.29) is 18.0 Å². The number of carbonyl (C=O) groups excluding carboxylic acids is 1. The van der Waals surface area contributed by atoms with E-state index in [9.17, 15) is 9.59 Å². The Morgan fingerprint density at radius 1 is 1.37 bits per heavy atom. The summed E-state index contributed by atoms with van der Waals surface area (Å²) in [5, 5.41) is 11.1.